The average Bonchev–Trinajstić information content (AvgIpc) is 2.67. The molecule has 8 heteroatoms. The fourth-order valence-corrected chi connectivity index (χ4v) is 3.98. The summed E-state index contributed by atoms with van der Waals surface area (Å²) in [6, 6.07) is 11.7. The number of hydrogen-bond donors (Lipinski definition) is 0. The first-order valence-corrected chi connectivity index (χ1v) is 11.1. The van der Waals surface area contributed by atoms with E-state index in [0.717, 1.165) is 47.4 Å². The van der Waals surface area contributed by atoms with Gasteiger partial charge in [-0.15, -0.1) is 0 Å². The third-order valence-electron chi connectivity index (χ3n) is 4.67. The number of fused-ring (bicyclic) bond motifs is 1. The van der Waals surface area contributed by atoms with E-state index in [1.165, 1.54) is 0 Å². The predicted octanol–water partition coefficient (Wildman–Crippen LogP) is 3.15. The molecule has 0 saturated carbocycles. The summed E-state index contributed by atoms with van der Waals surface area (Å²) in [7, 11) is -3.38. The van der Waals surface area contributed by atoms with Crippen molar-refractivity contribution in [1.82, 2.24) is 19.9 Å². The van der Waals surface area contributed by atoms with Gasteiger partial charge in [-0.25, -0.2) is 18.4 Å². The van der Waals surface area contributed by atoms with Gasteiger partial charge in [0, 0.05) is 60.9 Å². The Morgan fingerprint density at radius 3 is 2.71 bits per heavy atom. The van der Waals surface area contributed by atoms with Crippen molar-refractivity contribution in [3.63, 3.8) is 0 Å². The van der Waals surface area contributed by atoms with Crippen LogP contribution in [0.1, 0.15) is 16.8 Å². The van der Waals surface area contributed by atoms with Crippen LogP contribution in [0.2, 0.25) is 5.02 Å². The highest BCUT2D eigenvalue weighted by molar-refractivity contribution is 7.90. The summed E-state index contributed by atoms with van der Waals surface area (Å²) < 4.78 is 23.2. The SMILES string of the molecule is CS(=O)(=O)c1ncc2c(n1)CCN(Cc1ccc(-c3cccc(Cl)c3)nc1)C2. The molecule has 0 bridgehead atoms. The fourth-order valence-electron chi connectivity index (χ4n) is 3.26. The molecule has 0 unspecified atom stereocenters. The van der Waals surface area contributed by atoms with Crippen LogP contribution in [0, 0.1) is 0 Å². The van der Waals surface area contributed by atoms with Crippen LogP contribution in [0.25, 0.3) is 11.3 Å². The molecule has 1 aromatic carbocycles. The molecule has 0 saturated heterocycles. The van der Waals surface area contributed by atoms with E-state index in [1.807, 2.05) is 36.5 Å². The number of hydrogen-bond acceptors (Lipinski definition) is 6. The van der Waals surface area contributed by atoms with Crippen molar-refractivity contribution in [3.8, 4) is 11.3 Å². The third-order valence-corrected chi connectivity index (χ3v) is 5.77. The Balaban J connectivity index is 1.46. The Morgan fingerprint density at radius 2 is 2.00 bits per heavy atom. The van der Waals surface area contributed by atoms with Crippen LogP contribution in [-0.2, 0) is 29.3 Å². The van der Waals surface area contributed by atoms with Gasteiger partial charge in [-0.3, -0.25) is 9.88 Å². The van der Waals surface area contributed by atoms with Gasteiger partial charge < -0.3 is 0 Å². The first-order chi connectivity index (χ1) is 13.4. The molecule has 0 aliphatic carbocycles. The van der Waals surface area contributed by atoms with Gasteiger partial charge in [0.05, 0.1) is 11.4 Å². The van der Waals surface area contributed by atoms with Gasteiger partial charge in [0.25, 0.3) is 0 Å². The van der Waals surface area contributed by atoms with E-state index in [1.54, 1.807) is 6.20 Å². The van der Waals surface area contributed by atoms with E-state index in [4.69, 9.17) is 11.6 Å². The largest absolute Gasteiger partial charge is 0.294 e. The zero-order valence-electron chi connectivity index (χ0n) is 15.3. The minimum atomic E-state index is -3.38. The lowest BCUT2D eigenvalue weighted by Crippen LogP contribution is -2.31. The molecule has 0 radical (unpaired) electrons. The van der Waals surface area contributed by atoms with Crippen molar-refractivity contribution < 1.29 is 8.42 Å². The fraction of sp³-hybridized carbons (Fsp3) is 0.250. The topological polar surface area (TPSA) is 76.1 Å². The van der Waals surface area contributed by atoms with Crippen LogP contribution in [-0.4, -0.2) is 41.1 Å². The first-order valence-electron chi connectivity index (χ1n) is 8.86. The summed E-state index contributed by atoms with van der Waals surface area (Å²) in [5.74, 6) is 0. The molecule has 6 nitrogen and oxygen atoms in total. The number of benzene rings is 1. The Kier molecular flexibility index (Phi) is 5.14. The van der Waals surface area contributed by atoms with Crippen LogP contribution >= 0.6 is 11.6 Å². The zero-order chi connectivity index (χ0) is 19.7. The van der Waals surface area contributed by atoms with Crippen molar-refractivity contribution in [2.45, 2.75) is 24.7 Å². The lowest BCUT2D eigenvalue weighted by atomic mass is 10.1. The van der Waals surface area contributed by atoms with E-state index in [9.17, 15) is 8.42 Å². The van der Waals surface area contributed by atoms with E-state index in [-0.39, 0.29) is 5.16 Å². The summed E-state index contributed by atoms with van der Waals surface area (Å²) in [6.07, 6.45) is 5.35. The standard InChI is InChI=1S/C20H19ClN4O2S/c1-28(26,27)20-23-11-16-13-25(8-7-19(16)24-20)12-14-5-6-18(22-10-14)15-3-2-4-17(21)9-15/h2-6,9-11H,7-8,12-13H2,1H3. The lowest BCUT2D eigenvalue weighted by Gasteiger charge is -2.27. The van der Waals surface area contributed by atoms with Crippen molar-refractivity contribution in [2.24, 2.45) is 0 Å². The Labute approximate surface area is 169 Å². The van der Waals surface area contributed by atoms with Crippen molar-refractivity contribution in [3.05, 3.63) is 70.6 Å². The number of nitrogens with zero attached hydrogens (tertiary/aromatic N) is 4. The highest BCUT2D eigenvalue weighted by Crippen LogP contribution is 2.23. The number of sulfone groups is 1. The minimum absolute atomic E-state index is 0.0968. The molecule has 0 spiro atoms. The second-order valence-electron chi connectivity index (χ2n) is 6.92. The molecule has 0 amide bonds. The van der Waals surface area contributed by atoms with Gasteiger partial charge in [-0.05, 0) is 23.8 Å². The Hall–Kier alpha value is -2.35. The summed E-state index contributed by atoms with van der Waals surface area (Å²) in [5.41, 5.74) is 4.79. The van der Waals surface area contributed by atoms with Crippen molar-refractivity contribution >= 4 is 21.4 Å². The molecular formula is C20H19ClN4O2S. The maximum Gasteiger partial charge on any atom is 0.246 e. The molecule has 4 rings (SSSR count). The second kappa shape index (κ2) is 7.58. The maximum atomic E-state index is 11.6. The van der Waals surface area contributed by atoms with Crippen LogP contribution < -0.4 is 0 Å². The van der Waals surface area contributed by atoms with E-state index in [2.05, 4.69) is 25.9 Å². The predicted molar refractivity (Wildman–Crippen MR) is 108 cm³/mol. The molecule has 1 aliphatic heterocycles. The van der Waals surface area contributed by atoms with E-state index >= 15 is 0 Å². The molecular weight excluding hydrogens is 396 g/mol. The molecule has 28 heavy (non-hydrogen) atoms. The summed E-state index contributed by atoms with van der Waals surface area (Å²) in [4.78, 5) is 15.1. The van der Waals surface area contributed by atoms with E-state index < -0.39 is 9.84 Å². The lowest BCUT2D eigenvalue weighted by molar-refractivity contribution is 0.242. The van der Waals surface area contributed by atoms with Crippen LogP contribution in [0.15, 0.2) is 53.9 Å². The average molecular weight is 415 g/mol. The first kappa shape index (κ1) is 19.0. The van der Waals surface area contributed by atoms with Crippen molar-refractivity contribution in [2.75, 3.05) is 12.8 Å². The van der Waals surface area contributed by atoms with Gasteiger partial charge in [0.2, 0.25) is 15.0 Å². The molecule has 3 aromatic rings. The van der Waals surface area contributed by atoms with Crippen LogP contribution in [0.4, 0.5) is 0 Å². The molecule has 1 aliphatic rings. The smallest absolute Gasteiger partial charge is 0.246 e. The number of pyridine rings is 1. The van der Waals surface area contributed by atoms with Gasteiger partial charge in [0.15, 0.2) is 0 Å². The van der Waals surface area contributed by atoms with Crippen molar-refractivity contribution in [1.29, 1.82) is 0 Å². The van der Waals surface area contributed by atoms with Gasteiger partial charge in [-0.2, -0.15) is 0 Å². The third kappa shape index (κ3) is 4.22. The molecule has 0 atom stereocenters. The Bertz CT molecular complexity index is 1120. The summed E-state index contributed by atoms with van der Waals surface area (Å²) in [5, 5.41) is 0.595. The maximum absolute atomic E-state index is 11.6. The highest BCUT2D eigenvalue weighted by atomic mass is 35.5. The summed E-state index contributed by atoms with van der Waals surface area (Å²) >= 11 is 6.05. The van der Waals surface area contributed by atoms with E-state index in [0.29, 0.717) is 18.0 Å². The number of rotatable bonds is 4. The molecule has 0 fully saturated rings. The van der Waals surface area contributed by atoms with Gasteiger partial charge in [0.1, 0.15) is 0 Å². The van der Waals surface area contributed by atoms with Gasteiger partial charge in [-0.1, -0.05) is 29.8 Å². The molecule has 0 N–H and O–H groups in total. The second-order valence-corrected chi connectivity index (χ2v) is 9.27. The molecule has 144 valence electrons. The summed E-state index contributed by atoms with van der Waals surface area (Å²) in [6.45, 7) is 2.26. The van der Waals surface area contributed by atoms with Crippen LogP contribution in [0.3, 0.4) is 0 Å². The normalized spacial score (nSPS) is 14.6. The number of aromatic nitrogens is 3. The number of halogens is 1. The minimum Gasteiger partial charge on any atom is -0.294 e. The van der Waals surface area contributed by atoms with Crippen LogP contribution in [0.5, 0.6) is 0 Å². The highest BCUT2D eigenvalue weighted by Gasteiger charge is 2.21. The monoisotopic (exact) mass is 414 g/mol. The quantitative estimate of drug-likeness (QED) is 0.610. The zero-order valence-corrected chi connectivity index (χ0v) is 16.9. The Morgan fingerprint density at radius 1 is 1.14 bits per heavy atom. The molecule has 2 aromatic heterocycles. The molecule has 3 heterocycles. The van der Waals surface area contributed by atoms with Gasteiger partial charge >= 0.3 is 0 Å².